The smallest absolute Gasteiger partial charge is 0.306 e. The number of esters is 2. The summed E-state index contributed by atoms with van der Waals surface area (Å²) in [5.74, 6) is -0.416. The molecule has 1 unspecified atom stereocenters. The quantitative estimate of drug-likeness (QED) is 0.0345. The molecule has 0 amide bonds. The molecule has 0 spiro atoms. The first-order valence-electron chi connectivity index (χ1n) is 30.8. The van der Waals surface area contributed by atoms with E-state index >= 15 is 0 Å². The molecule has 0 rings (SSSR count). The van der Waals surface area contributed by atoms with Crippen LogP contribution in [0.3, 0.4) is 0 Å². The Balaban J connectivity index is 4.35. The molecule has 1 atom stereocenters. The van der Waals surface area contributed by atoms with Crippen molar-refractivity contribution in [1.82, 2.24) is 0 Å². The van der Waals surface area contributed by atoms with Crippen LogP contribution in [0.4, 0.5) is 0 Å². The molecule has 414 valence electrons. The van der Waals surface area contributed by atoms with E-state index in [1.807, 2.05) is 0 Å². The molecule has 0 saturated heterocycles. The van der Waals surface area contributed by atoms with Gasteiger partial charge in [0, 0.05) is 19.4 Å². The minimum absolute atomic E-state index is 0.0675. The summed E-state index contributed by atoms with van der Waals surface area (Å²) in [6, 6.07) is 0. The van der Waals surface area contributed by atoms with Gasteiger partial charge in [-0.25, -0.2) is 0 Å². The largest absolute Gasteiger partial charge is 0.462 e. The molecule has 0 aliphatic carbocycles. The third kappa shape index (κ3) is 59.4. The molecule has 0 aromatic rings. The Morgan fingerprint density at radius 1 is 0.319 bits per heavy atom. The first kappa shape index (κ1) is 68.8. The monoisotopic (exact) mass is 1000 g/mol. The van der Waals surface area contributed by atoms with Crippen LogP contribution in [0.15, 0.2) is 97.2 Å². The number of carbonyl (C=O) groups is 2. The summed E-state index contributed by atoms with van der Waals surface area (Å²) in [4.78, 5) is 25.6. The normalized spacial score (nSPS) is 12.9. The zero-order valence-corrected chi connectivity index (χ0v) is 47.7. The lowest BCUT2D eigenvalue weighted by Crippen LogP contribution is -2.30. The first-order chi connectivity index (χ1) is 35.6. The lowest BCUT2D eigenvalue weighted by molar-refractivity contribution is -0.163. The van der Waals surface area contributed by atoms with Gasteiger partial charge in [-0.3, -0.25) is 9.59 Å². The molecule has 5 nitrogen and oxygen atoms in total. The molecule has 0 bridgehead atoms. The van der Waals surface area contributed by atoms with E-state index in [2.05, 4.69) is 118 Å². The summed E-state index contributed by atoms with van der Waals surface area (Å²) in [5, 5.41) is 0. The third-order valence-corrected chi connectivity index (χ3v) is 13.1. The zero-order valence-electron chi connectivity index (χ0n) is 47.7. The van der Waals surface area contributed by atoms with E-state index in [1.165, 1.54) is 161 Å². The van der Waals surface area contributed by atoms with Crippen molar-refractivity contribution < 1.29 is 23.8 Å². The molecule has 0 aromatic heterocycles. The van der Waals surface area contributed by atoms with Crippen LogP contribution in [-0.4, -0.2) is 37.9 Å². The van der Waals surface area contributed by atoms with E-state index in [-0.39, 0.29) is 25.2 Å². The van der Waals surface area contributed by atoms with Crippen LogP contribution in [0.2, 0.25) is 0 Å². The molecule has 5 heteroatoms. The fraction of sp³-hybridized carbons (Fsp3) is 0.731. The van der Waals surface area contributed by atoms with Gasteiger partial charge >= 0.3 is 11.9 Å². The van der Waals surface area contributed by atoms with Crippen LogP contribution in [0.25, 0.3) is 0 Å². The van der Waals surface area contributed by atoms with Gasteiger partial charge in [-0.2, -0.15) is 0 Å². The molecule has 0 aromatic carbocycles. The highest BCUT2D eigenvalue weighted by atomic mass is 16.6. The minimum Gasteiger partial charge on any atom is -0.462 e. The number of ether oxygens (including phenoxy) is 3. The number of hydrogen-bond donors (Lipinski definition) is 0. The summed E-state index contributed by atoms with van der Waals surface area (Å²) in [7, 11) is 0. The number of carbonyl (C=O) groups excluding carboxylic acids is 2. The van der Waals surface area contributed by atoms with Crippen molar-refractivity contribution in [2.75, 3.05) is 19.8 Å². The topological polar surface area (TPSA) is 61.8 Å². The van der Waals surface area contributed by atoms with Gasteiger partial charge < -0.3 is 14.2 Å². The van der Waals surface area contributed by atoms with Crippen LogP contribution in [0, 0.1) is 0 Å². The molecule has 72 heavy (non-hydrogen) atoms. The van der Waals surface area contributed by atoms with Gasteiger partial charge in [-0.05, 0) is 122 Å². The van der Waals surface area contributed by atoms with Gasteiger partial charge in [0.2, 0.25) is 0 Å². The van der Waals surface area contributed by atoms with E-state index in [9.17, 15) is 9.59 Å². The van der Waals surface area contributed by atoms with E-state index < -0.39 is 6.10 Å². The van der Waals surface area contributed by atoms with Crippen molar-refractivity contribution in [3.05, 3.63) is 97.2 Å². The molecule has 0 aliphatic heterocycles. The molecule has 0 saturated carbocycles. The number of unbranched alkanes of at least 4 members (excludes halogenated alkanes) is 29. The highest BCUT2D eigenvalue weighted by molar-refractivity contribution is 5.70. The van der Waals surface area contributed by atoms with Crippen LogP contribution < -0.4 is 0 Å². The van der Waals surface area contributed by atoms with Crippen molar-refractivity contribution in [3.63, 3.8) is 0 Å². The Morgan fingerprint density at radius 3 is 1.04 bits per heavy atom. The summed E-state index contributed by atoms with van der Waals surface area (Å²) >= 11 is 0. The molecular formula is C67H116O5. The Labute approximate surface area is 447 Å². The van der Waals surface area contributed by atoms with E-state index in [0.717, 1.165) is 96.3 Å². The van der Waals surface area contributed by atoms with Gasteiger partial charge in [0.25, 0.3) is 0 Å². The molecule has 0 radical (unpaired) electrons. The Morgan fingerprint density at radius 2 is 0.625 bits per heavy atom. The van der Waals surface area contributed by atoms with Gasteiger partial charge in [0.15, 0.2) is 6.10 Å². The standard InChI is InChI=1S/C67H116O5/c1-4-7-10-13-16-19-22-25-28-31-33-35-38-41-44-47-50-53-56-59-62-70-63-65(72-67(69)61-58-55-52-49-46-43-40-36-30-27-24-21-18-15-12-9-6-3)64-71-66(68)60-57-54-51-48-45-42-39-37-34-32-29-26-23-20-17-14-11-8-5-2/h7,10,16-17,19-20,25-30,33,35,41,44,65H,4-6,8-9,11-15,18,21-24,31-32,34,36-40,42-43,45-64H2,1-3H3/b10-7-,19-16-,20-17-,28-25-,29-26-,30-27-,35-33-,44-41-. The highest BCUT2D eigenvalue weighted by Gasteiger charge is 2.17. The summed E-state index contributed by atoms with van der Waals surface area (Å²) < 4.78 is 17.5. The minimum atomic E-state index is -0.560. The lowest BCUT2D eigenvalue weighted by Gasteiger charge is -2.18. The zero-order chi connectivity index (χ0) is 52.0. The Bertz CT molecular complexity index is 1360. The SMILES string of the molecule is CC/C=C\C/C=C\C/C=C\C/C=C\C/C=C\CCCCCCOCC(COC(=O)CCCCCCCCCCC/C=C\C/C=C\CCCCC)OC(=O)CCCCCCCCC/C=C\CCCCCCCC. The third-order valence-electron chi connectivity index (χ3n) is 13.1. The average molecular weight is 1000 g/mol. The lowest BCUT2D eigenvalue weighted by atomic mass is 10.1. The number of hydrogen-bond acceptors (Lipinski definition) is 5. The van der Waals surface area contributed by atoms with Gasteiger partial charge in [0.1, 0.15) is 6.61 Å². The van der Waals surface area contributed by atoms with Crippen molar-refractivity contribution in [2.45, 2.75) is 297 Å². The number of rotatable bonds is 56. The molecule has 0 heterocycles. The molecule has 0 fully saturated rings. The predicted molar refractivity (Wildman–Crippen MR) is 316 cm³/mol. The van der Waals surface area contributed by atoms with Gasteiger partial charge in [-0.1, -0.05) is 253 Å². The van der Waals surface area contributed by atoms with E-state index in [1.54, 1.807) is 0 Å². The van der Waals surface area contributed by atoms with Crippen molar-refractivity contribution in [1.29, 1.82) is 0 Å². The van der Waals surface area contributed by atoms with E-state index in [4.69, 9.17) is 14.2 Å². The number of allylic oxidation sites excluding steroid dienone is 16. The fourth-order valence-corrected chi connectivity index (χ4v) is 8.50. The fourth-order valence-electron chi connectivity index (χ4n) is 8.50. The van der Waals surface area contributed by atoms with Gasteiger partial charge in [0.05, 0.1) is 6.61 Å². The van der Waals surface area contributed by atoms with Crippen molar-refractivity contribution in [2.24, 2.45) is 0 Å². The second-order valence-corrected chi connectivity index (χ2v) is 20.2. The second-order valence-electron chi connectivity index (χ2n) is 20.2. The Hall–Kier alpha value is -3.18. The molecular weight excluding hydrogens is 885 g/mol. The maximum absolute atomic E-state index is 12.9. The van der Waals surface area contributed by atoms with Crippen molar-refractivity contribution in [3.8, 4) is 0 Å². The van der Waals surface area contributed by atoms with Crippen LogP contribution in [0.5, 0.6) is 0 Å². The summed E-state index contributed by atoms with van der Waals surface area (Å²) in [6.07, 6.45) is 84.3. The molecule has 0 N–H and O–H groups in total. The highest BCUT2D eigenvalue weighted by Crippen LogP contribution is 2.15. The predicted octanol–water partition coefficient (Wildman–Crippen LogP) is 21.4. The summed E-state index contributed by atoms with van der Waals surface area (Å²) in [6.45, 7) is 7.65. The maximum Gasteiger partial charge on any atom is 0.306 e. The van der Waals surface area contributed by atoms with Gasteiger partial charge in [-0.15, -0.1) is 0 Å². The maximum atomic E-state index is 12.9. The molecule has 0 aliphatic rings. The van der Waals surface area contributed by atoms with Crippen LogP contribution in [0.1, 0.15) is 290 Å². The van der Waals surface area contributed by atoms with E-state index in [0.29, 0.717) is 19.4 Å². The van der Waals surface area contributed by atoms with Crippen LogP contribution in [-0.2, 0) is 23.8 Å². The summed E-state index contributed by atoms with van der Waals surface area (Å²) in [5.41, 5.74) is 0. The average Bonchev–Trinajstić information content (AvgIpc) is 3.38. The van der Waals surface area contributed by atoms with Crippen LogP contribution >= 0.6 is 0 Å². The Kier molecular flexibility index (Phi) is 59.4. The van der Waals surface area contributed by atoms with Crippen molar-refractivity contribution >= 4 is 11.9 Å². The first-order valence-corrected chi connectivity index (χ1v) is 30.8. The second kappa shape index (κ2) is 62.1.